The van der Waals surface area contributed by atoms with Crippen LogP contribution in [-0.4, -0.2) is 61.4 Å². The molecule has 2 aromatic carbocycles. The zero-order chi connectivity index (χ0) is 26.9. The summed E-state index contributed by atoms with van der Waals surface area (Å²) in [4.78, 5) is 50.4. The number of benzene rings is 2. The number of ether oxygens (including phenoxy) is 4. The van der Waals surface area contributed by atoms with E-state index in [-0.39, 0.29) is 11.5 Å². The molecule has 1 heterocycles. The van der Waals surface area contributed by atoms with Crippen LogP contribution in [0.25, 0.3) is 6.08 Å². The zero-order valence-electron chi connectivity index (χ0n) is 20.4. The summed E-state index contributed by atoms with van der Waals surface area (Å²) in [7, 11) is 1.26. The average molecular weight is 640 g/mol. The normalized spacial score (nSPS) is 14.1. The lowest BCUT2D eigenvalue weighted by atomic mass is 10.2. The van der Waals surface area contributed by atoms with Gasteiger partial charge in [0.1, 0.15) is 12.3 Å². The Morgan fingerprint density at radius 3 is 2.41 bits per heavy atom. The Morgan fingerprint density at radius 2 is 1.76 bits per heavy atom. The highest BCUT2D eigenvalue weighted by molar-refractivity contribution is 14.1. The molecule has 10 nitrogen and oxygen atoms in total. The molecule has 3 rings (SSSR count). The number of nitrogens with one attached hydrogen (secondary N) is 1. The van der Waals surface area contributed by atoms with Crippen LogP contribution in [0, 0.1) is 3.57 Å². The SMILES string of the molecule is CCOc1ccc(NC(=O)CN2C(=O)S/C(=C/c3cc(I)c(OCC(=O)OC)c(OCC)c3)C2=O)cc1. The molecule has 0 aliphatic carbocycles. The van der Waals surface area contributed by atoms with Gasteiger partial charge in [-0.05, 0) is 96.2 Å². The minimum atomic E-state index is -0.573. The van der Waals surface area contributed by atoms with Crippen molar-refractivity contribution >= 4 is 69.1 Å². The molecule has 0 saturated carbocycles. The van der Waals surface area contributed by atoms with Crippen LogP contribution in [0.1, 0.15) is 19.4 Å². The van der Waals surface area contributed by atoms with E-state index in [2.05, 4.69) is 10.1 Å². The third-order valence-corrected chi connectivity index (χ3v) is 6.52. The fourth-order valence-electron chi connectivity index (χ4n) is 3.20. The molecular formula is C25H25IN2O8S. The topological polar surface area (TPSA) is 120 Å². The van der Waals surface area contributed by atoms with Crippen molar-refractivity contribution in [1.29, 1.82) is 0 Å². The van der Waals surface area contributed by atoms with Crippen molar-refractivity contribution in [3.05, 3.63) is 50.4 Å². The maximum absolute atomic E-state index is 12.9. The molecule has 1 aliphatic heterocycles. The van der Waals surface area contributed by atoms with Crippen molar-refractivity contribution < 1.29 is 38.1 Å². The van der Waals surface area contributed by atoms with Gasteiger partial charge in [0, 0.05) is 5.69 Å². The minimum Gasteiger partial charge on any atom is -0.494 e. The quantitative estimate of drug-likeness (QED) is 0.218. The number of esters is 1. The largest absolute Gasteiger partial charge is 0.494 e. The molecule has 0 bridgehead atoms. The predicted molar refractivity (Wildman–Crippen MR) is 147 cm³/mol. The van der Waals surface area contributed by atoms with E-state index >= 15 is 0 Å². The van der Waals surface area contributed by atoms with Crippen molar-refractivity contribution in [3.8, 4) is 17.2 Å². The monoisotopic (exact) mass is 640 g/mol. The highest BCUT2D eigenvalue weighted by atomic mass is 127. The second-order valence-corrected chi connectivity index (χ2v) is 9.56. The summed E-state index contributed by atoms with van der Waals surface area (Å²) >= 11 is 2.77. The van der Waals surface area contributed by atoms with Gasteiger partial charge in [-0.15, -0.1) is 0 Å². The van der Waals surface area contributed by atoms with Crippen LogP contribution >= 0.6 is 34.4 Å². The number of rotatable bonds is 11. The highest BCUT2D eigenvalue weighted by Crippen LogP contribution is 2.37. The number of hydrogen-bond donors (Lipinski definition) is 1. The number of anilines is 1. The summed E-state index contributed by atoms with van der Waals surface area (Å²) in [5.74, 6) is -0.212. The number of carbonyl (C=O) groups excluding carboxylic acids is 4. The van der Waals surface area contributed by atoms with Crippen molar-refractivity contribution in [2.75, 3.05) is 38.8 Å². The fourth-order valence-corrected chi connectivity index (χ4v) is 4.82. The molecule has 3 amide bonds. The van der Waals surface area contributed by atoms with E-state index in [4.69, 9.17) is 14.2 Å². The van der Waals surface area contributed by atoms with E-state index in [0.29, 0.717) is 45.3 Å². The first-order valence-corrected chi connectivity index (χ1v) is 13.1. The highest BCUT2D eigenvalue weighted by Gasteiger charge is 2.36. The van der Waals surface area contributed by atoms with E-state index in [1.807, 2.05) is 29.5 Å². The fraction of sp³-hybridized carbons (Fsp3) is 0.280. The van der Waals surface area contributed by atoms with Gasteiger partial charge in [0.05, 0.1) is 28.8 Å². The molecule has 37 heavy (non-hydrogen) atoms. The molecule has 0 radical (unpaired) electrons. The Kier molecular flexibility index (Phi) is 10.2. The van der Waals surface area contributed by atoms with Gasteiger partial charge >= 0.3 is 5.97 Å². The van der Waals surface area contributed by atoms with Crippen molar-refractivity contribution in [1.82, 2.24) is 4.90 Å². The van der Waals surface area contributed by atoms with Gasteiger partial charge in [-0.2, -0.15) is 0 Å². The first-order valence-electron chi connectivity index (χ1n) is 11.2. The number of halogens is 1. The van der Waals surface area contributed by atoms with Crippen LogP contribution in [0.4, 0.5) is 10.5 Å². The van der Waals surface area contributed by atoms with Crippen LogP contribution in [-0.2, 0) is 19.1 Å². The van der Waals surface area contributed by atoms with Gasteiger partial charge in [-0.3, -0.25) is 19.3 Å². The van der Waals surface area contributed by atoms with Gasteiger partial charge in [-0.1, -0.05) is 0 Å². The van der Waals surface area contributed by atoms with E-state index in [9.17, 15) is 19.2 Å². The first kappa shape index (κ1) is 28.3. The standard InChI is InChI=1S/C25H25IN2O8S/c1-4-34-17-8-6-16(7-9-17)27-21(29)13-28-24(31)20(37-25(28)32)12-15-10-18(26)23(19(11-15)35-5-2)36-14-22(30)33-3/h6-12H,4-5,13-14H2,1-3H3,(H,27,29)/b20-12+. The summed E-state index contributed by atoms with van der Waals surface area (Å²) in [5.41, 5.74) is 1.10. The average Bonchev–Trinajstić information content (AvgIpc) is 3.12. The van der Waals surface area contributed by atoms with E-state index in [1.165, 1.54) is 7.11 Å². The molecule has 0 atom stereocenters. The number of amides is 3. The summed E-state index contributed by atoms with van der Waals surface area (Å²) in [6.07, 6.45) is 1.55. The molecule has 1 saturated heterocycles. The van der Waals surface area contributed by atoms with Crippen LogP contribution in [0.3, 0.4) is 0 Å². The molecule has 2 aromatic rings. The van der Waals surface area contributed by atoms with E-state index in [0.717, 1.165) is 16.7 Å². The second kappa shape index (κ2) is 13.3. The maximum atomic E-state index is 12.9. The number of thioether (sulfide) groups is 1. The van der Waals surface area contributed by atoms with Gasteiger partial charge in [-0.25, -0.2) is 4.79 Å². The van der Waals surface area contributed by atoms with Crippen LogP contribution in [0.2, 0.25) is 0 Å². The zero-order valence-corrected chi connectivity index (χ0v) is 23.3. The molecule has 196 valence electrons. The molecule has 1 aliphatic rings. The third-order valence-electron chi connectivity index (χ3n) is 4.82. The smallest absolute Gasteiger partial charge is 0.343 e. The Balaban J connectivity index is 1.72. The minimum absolute atomic E-state index is 0.167. The maximum Gasteiger partial charge on any atom is 0.343 e. The molecule has 1 N–H and O–H groups in total. The molecule has 12 heteroatoms. The molecular weight excluding hydrogens is 615 g/mol. The molecule has 0 aromatic heterocycles. The molecule has 0 spiro atoms. The number of nitrogens with zero attached hydrogens (tertiary/aromatic N) is 1. The van der Waals surface area contributed by atoms with Crippen LogP contribution in [0.15, 0.2) is 41.3 Å². The van der Waals surface area contributed by atoms with Gasteiger partial charge < -0.3 is 24.3 Å². The Hall–Kier alpha value is -3.26. The lowest BCUT2D eigenvalue weighted by Gasteiger charge is -2.14. The van der Waals surface area contributed by atoms with Crippen molar-refractivity contribution in [2.24, 2.45) is 0 Å². The van der Waals surface area contributed by atoms with E-state index in [1.54, 1.807) is 49.4 Å². The first-order chi connectivity index (χ1) is 17.7. The van der Waals surface area contributed by atoms with Crippen LogP contribution in [0.5, 0.6) is 17.2 Å². The third kappa shape index (κ3) is 7.61. The summed E-state index contributed by atoms with van der Waals surface area (Å²) in [6.45, 7) is 3.83. The summed E-state index contributed by atoms with van der Waals surface area (Å²) < 4.78 is 21.8. The molecule has 0 unspecified atom stereocenters. The lowest BCUT2D eigenvalue weighted by Crippen LogP contribution is -2.36. The summed E-state index contributed by atoms with van der Waals surface area (Å²) in [6, 6.07) is 10.1. The number of methoxy groups -OCH3 is 1. The molecule has 1 fully saturated rings. The Morgan fingerprint density at radius 1 is 1.05 bits per heavy atom. The lowest BCUT2D eigenvalue weighted by molar-refractivity contribution is -0.143. The Bertz CT molecular complexity index is 1220. The van der Waals surface area contributed by atoms with Crippen molar-refractivity contribution in [3.63, 3.8) is 0 Å². The van der Waals surface area contributed by atoms with Crippen molar-refractivity contribution in [2.45, 2.75) is 13.8 Å². The van der Waals surface area contributed by atoms with E-state index < -0.39 is 29.6 Å². The number of imide groups is 1. The predicted octanol–water partition coefficient (Wildman–Crippen LogP) is 4.32. The Labute approximate surface area is 231 Å². The summed E-state index contributed by atoms with van der Waals surface area (Å²) in [5, 5.41) is 2.12. The van der Waals surface area contributed by atoms with Gasteiger partial charge in [0.25, 0.3) is 11.1 Å². The number of carbonyl (C=O) groups is 4. The second-order valence-electron chi connectivity index (χ2n) is 7.40. The van der Waals surface area contributed by atoms with Gasteiger partial charge in [0.15, 0.2) is 18.1 Å². The number of hydrogen-bond acceptors (Lipinski definition) is 9. The van der Waals surface area contributed by atoms with Crippen LogP contribution < -0.4 is 19.5 Å². The van der Waals surface area contributed by atoms with Gasteiger partial charge in [0.2, 0.25) is 5.91 Å².